The molecule has 8 nitrogen and oxygen atoms in total. The highest BCUT2D eigenvalue weighted by Gasteiger charge is 2.47. The van der Waals surface area contributed by atoms with Crippen LogP contribution >= 0.6 is 0 Å². The van der Waals surface area contributed by atoms with Crippen molar-refractivity contribution >= 4 is 17.4 Å². The molecule has 0 saturated carbocycles. The Labute approximate surface area is 193 Å². The van der Waals surface area contributed by atoms with Crippen LogP contribution in [0.25, 0.3) is 0 Å². The second-order valence-corrected chi connectivity index (χ2v) is 7.64. The predicted molar refractivity (Wildman–Crippen MR) is 119 cm³/mol. The molecule has 180 valence electrons. The Bertz CT molecular complexity index is 1180. The summed E-state index contributed by atoms with van der Waals surface area (Å²) in [5.74, 6) is 0.849. The molecular formula is C23H23F3N4O4. The Morgan fingerprint density at radius 3 is 2.38 bits per heavy atom. The van der Waals surface area contributed by atoms with Crippen molar-refractivity contribution in [3.05, 3.63) is 59.8 Å². The van der Waals surface area contributed by atoms with Gasteiger partial charge in [-0.1, -0.05) is 6.07 Å². The van der Waals surface area contributed by atoms with Gasteiger partial charge in [0.15, 0.2) is 17.5 Å². The van der Waals surface area contributed by atoms with Crippen LogP contribution in [0.15, 0.2) is 48.7 Å². The number of halogens is 3. The molecule has 1 aliphatic rings. The minimum Gasteiger partial charge on any atom is -0.497 e. The summed E-state index contributed by atoms with van der Waals surface area (Å²) in [4.78, 5) is 12.9. The molecule has 4 rings (SSSR count). The van der Waals surface area contributed by atoms with Crippen molar-refractivity contribution in [3.8, 4) is 17.2 Å². The maximum absolute atomic E-state index is 14.0. The van der Waals surface area contributed by atoms with E-state index in [0.29, 0.717) is 28.5 Å². The lowest BCUT2D eigenvalue weighted by atomic mass is 9.96. The number of alkyl halides is 3. The third kappa shape index (κ3) is 4.45. The maximum atomic E-state index is 14.0. The number of nitrogens with one attached hydrogen (secondary N) is 2. The fourth-order valence-corrected chi connectivity index (χ4v) is 3.89. The van der Waals surface area contributed by atoms with Gasteiger partial charge in [0.1, 0.15) is 17.1 Å². The highest BCUT2D eigenvalue weighted by atomic mass is 19.4. The van der Waals surface area contributed by atoms with E-state index in [0.717, 1.165) is 10.9 Å². The third-order valence-electron chi connectivity index (χ3n) is 5.64. The second kappa shape index (κ2) is 9.16. The molecule has 2 atom stereocenters. The van der Waals surface area contributed by atoms with Gasteiger partial charge < -0.3 is 24.8 Å². The number of hydrogen-bond donors (Lipinski definition) is 2. The minimum atomic E-state index is -4.57. The van der Waals surface area contributed by atoms with E-state index in [1.165, 1.54) is 21.3 Å². The van der Waals surface area contributed by atoms with Gasteiger partial charge in [0.05, 0.1) is 33.6 Å². The molecule has 3 aromatic rings. The number of rotatable bonds is 6. The maximum Gasteiger partial charge on any atom is 0.410 e. The molecule has 1 amide bonds. The van der Waals surface area contributed by atoms with E-state index >= 15 is 0 Å². The summed E-state index contributed by atoms with van der Waals surface area (Å²) in [6.07, 6.45) is -3.74. The van der Waals surface area contributed by atoms with Crippen molar-refractivity contribution in [2.45, 2.75) is 24.7 Å². The normalized spacial score (nSPS) is 17.4. The van der Waals surface area contributed by atoms with Crippen molar-refractivity contribution in [1.82, 2.24) is 9.78 Å². The molecule has 1 aliphatic heterocycles. The van der Waals surface area contributed by atoms with E-state index in [1.807, 2.05) is 0 Å². The standard InChI is InChI=1S/C23H23F3N4O4/c1-32-15-7-5-14(6-8-15)28-22(31)16-12-27-30-20(23(24,25)26)11-17(29-21(16)30)13-4-9-18(33-2)19(10-13)34-3/h4-10,12,17,20,29H,11H2,1-3H3,(H,28,31)/t17-,20-/m1/s1. The van der Waals surface area contributed by atoms with E-state index in [4.69, 9.17) is 14.2 Å². The Hall–Kier alpha value is -3.89. The molecular weight excluding hydrogens is 453 g/mol. The fourth-order valence-electron chi connectivity index (χ4n) is 3.89. The average molecular weight is 476 g/mol. The number of nitrogens with zero attached hydrogens (tertiary/aromatic N) is 2. The van der Waals surface area contributed by atoms with E-state index in [-0.39, 0.29) is 17.8 Å². The Morgan fingerprint density at radius 1 is 1.06 bits per heavy atom. The van der Waals surface area contributed by atoms with E-state index in [9.17, 15) is 18.0 Å². The van der Waals surface area contributed by atoms with Crippen LogP contribution in [0.4, 0.5) is 24.7 Å². The summed E-state index contributed by atoms with van der Waals surface area (Å²) in [6, 6.07) is 8.83. The lowest BCUT2D eigenvalue weighted by molar-refractivity contribution is -0.173. The first-order valence-electron chi connectivity index (χ1n) is 10.3. The van der Waals surface area contributed by atoms with Crippen LogP contribution < -0.4 is 24.8 Å². The molecule has 0 unspecified atom stereocenters. The molecule has 0 bridgehead atoms. The topological polar surface area (TPSA) is 86.6 Å². The van der Waals surface area contributed by atoms with E-state index in [1.54, 1.807) is 42.5 Å². The number of methoxy groups -OCH3 is 3. The first-order chi connectivity index (χ1) is 16.2. The Kier molecular flexibility index (Phi) is 6.27. The van der Waals surface area contributed by atoms with E-state index in [2.05, 4.69) is 15.7 Å². The van der Waals surface area contributed by atoms with Crippen LogP contribution in [0, 0.1) is 0 Å². The highest BCUT2D eigenvalue weighted by Crippen LogP contribution is 2.45. The monoisotopic (exact) mass is 476 g/mol. The van der Waals surface area contributed by atoms with Crippen molar-refractivity contribution in [2.75, 3.05) is 32.0 Å². The molecule has 0 saturated heterocycles. The van der Waals surface area contributed by atoms with Crippen molar-refractivity contribution < 1.29 is 32.2 Å². The van der Waals surface area contributed by atoms with Crippen LogP contribution in [-0.2, 0) is 0 Å². The number of carbonyl (C=O) groups is 1. The Morgan fingerprint density at radius 2 is 1.76 bits per heavy atom. The number of amides is 1. The summed E-state index contributed by atoms with van der Waals surface area (Å²) in [7, 11) is 4.44. The van der Waals surface area contributed by atoms with Crippen molar-refractivity contribution in [1.29, 1.82) is 0 Å². The van der Waals surface area contributed by atoms with Gasteiger partial charge in [-0.2, -0.15) is 18.3 Å². The molecule has 34 heavy (non-hydrogen) atoms. The molecule has 2 heterocycles. The summed E-state index contributed by atoms with van der Waals surface area (Å²) in [5, 5.41) is 9.64. The van der Waals surface area contributed by atoms with Crippen LogP contribution in [0.2, 0.25) is 0 Å². The van der Waals surface area contributed by atoms with Crippen LogP contribution in [0.5, 0.6) is 17.2 Å². The minimum absolute atomic E-state index is 0.00440. The highest BCUT2D eigenvalue weighted by molar-refractivity contribution is 6.07. The zero-order chi connectivity index (χ0) is 24.5. The first-order valence-corrected chi connectivity index (χ1v) is 10.3. The van der Waals surface area contributed by atoms with Gasteiger partial charge in [0.2, 0.25) is 0 Å². The van der Waals surface area contributed by atoms with Crippen LogP contribution in [0.3, 0.4) is 0 Å². The lowest BCUT2D eigenvalue weighted by Gasteiger charge is -2.34. The smallest absolute Gasteiger partial charge is 0.410 e. The molecule has 1 aromatic heterocycles. The molecule has 0 radical (unpaired) electrons. The number of carbonyl (C=O) groups excluding carboxylic acids is 1. The molecule has 2 N–H and O–H groups in total. The number of anilines is 2. The summed E-state index contributed by atoms with van der Waals surface area (Å²) < 4.78 is 58.3. The Balaban J connectivity index is 1.67. The van der Waals surface area contributed by atoms with Crippen LogP contribution in [0.1, 0.15) is 34.4 Å². The largest absolute Gasteiger partial charge is 0.497 e. The van der Waals surface area contributed by atoms with Gasteiger partial charge in [-0.15, -0.1) is 0 Å². The molecule has 0 spiro atoms. The van der Waals surface area contributed by atoms with Gasteiger partial charge in [0, 0.05) is 12.1 Å². The van der Waals surface area contributed by atoms with Gasteiger partial charge in [0.25, 0.3) is 5.91 Å². The van der Waals surface area contributed by atoms with Crippen molar-refractivity contribution in [2.24, 2.45) is 0 Å². The second-order valence-electron chi connectivity index (χ2n) is 7.64. The quantitative estimate of drug-likeness (QED) is 0.531. The third-order valence-corrected chi connectivity index (χ3v) is 5.64. The molecule has 11 heteroatoms. The predicted octanol–water partition coefficient (Wildman–Crippen LogP) is 4.82. The van der Waals surface area contributed by atoms with Gasteiger partial charge in [-0.05, 0) is 42.0 Å². The number of benzene rings is 2. The number of fused-ring (bicyclic) bond motifs is 1. The van der Waals surface area contributed by atoms with Gasteiger partial charge in [-0.3, -0.25) is 4.79 Å². The van der Waals surface area contributed by atoms with Gasteiger partial charge >= 0.3 is 6.18 Å². The summed E-state index contributed by atoms with van der Waals surface area (Å²) in [6.45, 7) is 0. The lowest BCUT2D eigenvalue weighted by Crippen LogP contribution is -2.36. The molecule has 0 aliphatic carbocycles. The summed E-state index contributed by atoms with van der Waals surface area (Å²) in [5.41, 5.74) is 1.02. The SMILES string of the molecule is COc1ccc(NC(=O)c2cnn3c2N[C@@H](c2ccc(OC)c(OC)c2)C[C@@H]3C(F)(F)F)cc1. The van der Waals surface area contributed by atoms with E-state index < -0.39 is 24.2 Å². The van der Waals surface area contributed by atoms with Gasteiger partial charge in [-0.25, -0.2) is 4.68 Å². The molecule has 2 aromatic carbocycles. The zero-order valence-corrected chi connectivity index (χ0v) is 18.6. The molecule has 0 fully saturated rings. The van der Waals surface area contributed by atoms with Crippen molar-refractivity contribution in [3.63, 3.8) is 0 Å². The summed E-state index contributed by atoms with van der Waals surface area (Å²) >= 11 is 0. The average Bonchev–Trinajstić information content (AvgIpc) is 3.27. The van der Waals surface area contributed by atoms with Crippen LogP contribution in [-0.4, -0.2) is 43.2 Å². The zero-order valence-electron chi connectivity index (χ0n) is 18.6. The fraction of sp³-hybridized carbons (Fsp3) is 0.304. The first kappa shape index (κ1) is 23.3. The number of hydrogen-bond acceptors (Lipinski definition) is 6. The number of ether oxygens (including phenoxy) is 3. The number of aromatic nitrogens is 2.